The normalized spacial score (nSPS) is 11.3. The van der Waals surface area contributed by atoms with Gasteiger partial charge in [-0.2, -0.15) is 5.10 Å². The molecule has 0 aliphatic rings. The van der Waals surface area contributed by atoms with E-state index in [9.17, 15) is 33.4 Å². The van der Waals surface area contributed by atoms with Crippen molar-refractivity contribution in [1.82, 2.24) is 5.43 Å². The smallest absolute Gasteiger partial charge is 0.289 e. The van der Waals surface area contributed by atoms with Crippen molar-refractivity contribution in [3.63, 3.8) is 0 Å². The van der Waals surface area contributed by atoms with E-state index in [0.29, 0.717) is 11.3 Å². The lowest BCUT2D eigenvalue weighted by atomic mass is 10.1. The van der Waals surface area contributed by atoms with Crippen molar-refractivity contribution in [2.75, 3.05) is 10.8 Å². The number of nitro groups is 2. The minimum absolute atomic E-state index is 0.0664. The lowest BCUT2D eigenvalue weighted by molar-refractivity contribution is -0.387. The summed E-state index contributed by atoms with van der Waals surface area (Å²) in [5.41, 5.74) is 2.23. The van der Waals surface area contributed by atoms with Gasteiger partial charge in [0, 0.05) is 23.8 Å². The zero-order valence-corrected chi connectivity index (χ0v) is 20.7. The summed E-state index contributed by atoms with van der Waals surface area (Å²) in [6.45, 7) is -0.720. The Bertz CT molecular complexity index is 1650. The maximum Gasteiger partial charge on any atom is 0.289 e. The van der Waals surface area contributed by atoms with Crippen LogP contribution in [0, 0.1) is 20.2 Å². The Morgan fingerprint density at radius 2 is 1.56 bits per heavy atom. The molecule has 4 aromatic rings. The lowest BCUT2D eigenvalue weighted by Crippen LogP contribution is -2.39. The van der Waals surface area contributed by atoms with Crippen molar-refractivity contribution in [3.05, 3.63) is 117 Å². The molecule has 0 saturated carbocycles. The summed E-state index contributed by atoms with van der Waals surface area (Å²) in [7, 11) is -4.52. The number of nitrogens with zero attached hydrogens (tertiary/aromatic N) is 4. The average Bonchev–Trinajstić information content (AvgIpc) is 3.41. The van der Waals surface area contributed by atoms with Crippen LogP contribution in [-0.2, 0) is 14.8 Å². The highest BCUT2D eigenvalue weighted by atomic mass is 32.2. The summed E-state index contributed by atoms with van der Waals surface area (Å²) in [6, 6.07) is 21.4. The Balaban J connectivity index is 1.50. The number of hydrazone groups is 1. The largest absolute Gasteiger partial charge is 0.455 e. The van der Waals surface area contributed by atoms with Crippen molar-refractivity contribution in [2.45, 2.75) is 4.90 Å². The molecule has 0 unspecified atom stereocenters. The third-order valence-electron chi connectivity index (χ3n) is 5.33. The highest BCUT2D eigenvalue weighted by Gasteiger charge is 2.33. The number of nitro benzene ring substituents is 2. The number of sulfonamides is 1. The van der Waals surface area contributed by atoms with Gasteiger partial charge < -0.3 is 4.42 Å². The van der Waals surface area contributed by atoms with E-state index < -0.39 is 42.9 Å². The molecule has 198 valence electrons. The molecule has 3 aromatic carbocycles. The molecule has 13 nitrogen and oxygen atoms in total. The molecule has 1 heterocycles. The van der Waals surface area contributed by atoms with Crippen molar-refractivity contribution < 1.29 is 27.5 Å². The SMILES string of the molecule is O=C(CN(c1ccccc1)S(=O)(=O)c1ccccc1[N+](=O)[O-])N/N=C\c1ccc(-c2ccc([N+](=O)[O-])cc2)o1. The van der Waals surface area contributed by atoms with Gasteiger partial charge in [0.2, 0.25) is 0 Å². The topological polar surface area (TPSA) is 178 Å². The van der Waals surface area contributed by atoms with Crippen LogP contribution in [0.1, 0.15) is 5.76 Å². The van der Waals surface area contributed by atoms with E-state index in [1.807, 2.05) is 0 Å². The fourth-order valence-corrected chi connectivity index (χ4v) is 5.09. The molecule has 0 fully saturated rings. The number of rotatable bonds is 10. The predicted octanol–water partition coefficient (Wildman–Crippen LogP) is 4.11. The molecule has 1 N–H and O–H groups in total. The number of anilines is 1. The van der Waals surface area contributed by atoms with Gasteiger partial charge in [-0.25, -0.2) is 13.8 Å². The minimum atomic E-state index is -4.52. The number of amides is 1. The number of benzene rings is 3. The van der Waals surface area contributed by atoms with Gasteiger partial charge in [0.15, 0.2) is 4.90 Å². The van der Waals surface area contributed by atoms with Gasteiger partial charge in [0.25, 0.3) is 27.3 Å². The van der Waals surface area contributed by atoms with Crippen LogP contribution < -0.4 is 9.73 Å². The molecule has 0 aliphatic heterocycles. The molecule has 1 amide bonds. The van der Waals surface area contributed by atoms with Gasteiger partial charge in [0.05, 0.1) is 21.7 Å². The summed E-state index contributed by atoms with van der Waals surface area (Å²) < 4.78 is 33.2. The first kappa shape index (κ1) is 26.7. The van der Waals surface area contributed by atoms with Crippen LogP contribution >= 0.6 is 0 Å². The first-order valence-corrected chi connectivity index (χ1v) is 12.6. The average molecular weight is 550 g/mol. The number of non-ortho nitro benzene ring substituents is 1. The van der Waals surface area contributed by atoms with E-state index in [4.69, 9.17) is 4.42 Å². The van der Waals surface area contributed by atoms with E-state index in [2.05, 4.69) is 10.5 Å². The number of hydrogen-bond acceptors (Lipinski definition) is 9. The third-order valence-corrected chi connectivity index (χ3v) is 7.15. The number of carbonyl (C=O) groups is 1. The number of carbonyl (C=O) groups excluding carboxylic acids is 1. The van der Waals surface area contributed by atoms with Gasteiger partial charge in [-0.05, 0) is 42.5 Å². The van der Waals surface area contributed by atoms with Gasteiger partial charge >= 0.3 is 0 Å². The summed E-state index contributed by atoms with van der Waals surface area (Å²) >= 11 is 0. The summed E-state index contributed by atoms with van der Waals surface area (Å²) in [6.07, 6.45) is 1.19. The van der Waals surface area contributed by atoms with Gasteiger partial charge in [0.1, 0.15) is 18.1 Å². The van der Waals surface area contributed by atoms with Crippen LogP contribution in [-0.4, -0.2) is 36.9 Å². The second kappa shape index (κ2) is 11.4. The molecule has 0 aliphatic carbocycles. The van der Waals surface area contributed by atoms with Crippen molar-refractivity contribution in [3.8, 4) is 11.3 Å². The Kier molecular flexibility index (Phi) is 7.77. The fourth-order valence-electron chi connectivity index (χ4n) is 3.51. The molecule has 14 heteroatoms. The zero-order chi connectivity index (χ0) is 28.0. The summed E-state index contributed by atoms with van der Waals surface area (Å²) in [5.74, 6) is -0.168. The Morgan fingerprint density at radius 1 is 0.897 bits per heavy atom. The van der Waals surface area contributed by atoms with Crippen LogP contribution in [0.15, 0.2) is 105 Å². The van der Waals surface area contributed by atoms with Crippen LogP contribution in [0.5, 0.6) is 0 Å². The fraction of sp³-hybridized carbons (Fsp3) is 0.0400. The summed E-state index contributed by atoms with van der Waals surface area (Å²) in [5, 5.41) is 26.1. The van der Waals surface area contributed by atoms with Gasteiger partial charge in [-0.15, -0.1) is 0 Å². The molecule has 0 bridgehead atoms. The van der Waals surface area contributed by atoms with E-state index in [1.54, 1.807) is 30.3 Å². The van der Waals surface area contributed by atoms with Crippen LogP contribution in [0.3, 0.4) is 0 Å². The Morgan fingerprint density at radius 3 is 2.23 bits per heavy atom. The number of para-hydroxylation sites is 2. The maximum atomic E-state index is 13.4. The number of furan rings is 1. The van der Waals surface area contributed by atoms with Gasteiger partial charge in [-0.1, -0.05) is 30.3 Å². The monoisotopic (exact) mass is 549 g/mol. The lowest BCUT2D eigenvalue weighted by Gasteiger charge is -2.23. The zero-order valence-electron chi connectivity index (χ0n) is 19.9. The predicted molar refractivity (Wildman–Crippen MR) is 141 cm³/mol. The first-order chi connectivity index (χ1) is 18.7. The molecule has 39 heavy (non-hydrogen) atoms. The van der Waals surface area contributed by atoms with Crippen LogP contribution in [0.25, 0.3) is 11.3 Å². The highest BCUT2D eigenvalue weighted by molar-refractivity contribution is 7.93. The molecule has 0 saturated heterocycles. The van der Waals surface area contributed by atoms with Gasteiger partial charge in [-0.3, -0.25) is 29.3 Å². The third kappa shape index (κ3) is 6.14. The standard InChI is InChI=1S/C25H19N5O8S/c31-25(27-26-16-21-14-15-23(38-21)18-10-12-20(13-11-18)29(32)33)17-28(19-6-2-1-3-7-19)39(36,37)24-9-5-4-8-22(24)30(34)35/h1-16H,17H2,(H,27,31)/b26-16-. The molecular weight excluding hydrogens is 530 g/mol. The Labute approximate surface area is 221 Å². The number of hydrogen-bond donors (Lipinski definition) is 1. The molecule has 0 radical (unpaired) electrons. The second-order valence-corrected chi connectivity index (χ2v) is 9.70. The Hall–Kier alpha value is -5.37. The minimum Gasteiger partial charge on any atom is -0.455 e. The summed E-state index contributed by atoms with van der Waals surface area (Å²) in [4.78, 5) is 33.0. The quantitative estimate of drug-likeness (QED) is 0.174. The van der Waals surface area contributed by atoms with Crippen LogP contribution in [0.2, 0.25) is 0 Å². The van der Waals surface area contributed by atoms with Crippen molar-refractivity contribution in [2.24, 2.45) is 5.10 Å². The molecule has 4 rings (SSSR count). The number of nitrogens with one attached hydrogen (secondary N) is 1. The second-order valence-electron chi connectivity index (χ2n) is 7.87. The van der Waals surface area contributed by atoms with E-state index in [1.165, 1.54) is 54.7 Å². The van der Waals surface area contributed by atoms with E-state index in [-0.39, 0.29) is 17.1 Å². The molecule has 0 spiro atoms. The van der Waals surface area contributed by atoms with Crippen LogP contribution in [0.4, 0.5) is 17.1 Å². The molecule has 1 aromatic heterocycles. The van der Waals surface area contributed by atoms with Crippen molar-refractivity contribution >= 4 is 39.2 Å². The molecular formula is C25H19N5O8S. The first-order valence-electron chi connectivity index (χ1n) is 11.1. The van der Waals surface area contributed by atoms with E-state index >= 15 is 0 Å². The highest BCUT2D eigenvalue weighted by Crippen LogP contribution is 2.29. The maximum absolute atomic E-state index is 13.4. The molecule has 0 atom stereocenters. The van der Waals surface area contributed by atoms with E-state index in [0.717, 1.165) is 16.4 Å². The van der Waals surface area contributed by atoms with Crippen molar-refractivity contribution in [1.29, 1.82) is 0 Å².